The Bertz CT molecular complexity index is 388. The first-order chi connectivity index (χ1) is 7.54. The molecular weight excluding hydrogens is 236 g/mol. The van der Waals surface area contributed by atoms with Crippen LogP contribution < -0.4 is 5.32 Å². The molecule has 88 valence electrons. The molecule has 16 heavy (non-hydrogen) atoms. The Kier molecular flexibility index (Phi) is 4.39. The summed E-state index contributed by atoms with van der Waals surface area (Å²) < 4.78 is 0. The quantitative estimate of drug-likeness (QED) is 0.460. The highest BCUT2D eigenvalue weighted by Gasteiger charge is 2.17. The van der Waals surface area contributed by atoms with Crippen LogP contribution in [0.3, 0.4) is 0 Å². The lowest BCUT2D eigenvalue weighted by atomic mass is 10.3. The molecule has 0 amide bonds. The largest absolute Gasteiger partial charge is 0.391 e. The maximum absolute atomic E-state index is 10.6. The molecule has 0 spiro atoms. The lowest BCUT2D eigenvalue weighted by molar-refractivity contribution is -0.384. The average molecular weight is 247 g/mol. The third-order valence-corrected chi connectivity index (χ3v) is 2.10. The number of anilines is 1. The predicted molar refractivity (Wildman–Crippen MR) is 58.5 cm³/mol. The van der Waals surface area contributed by atoms with Gasteiger partial charge in [0, 0.05) is 6.54 Å². The van der Waals surface area contributed by atoms with Crippen LogP contribution in [0.15, 0.2) is 6.20 Å². The number of rotatable bonds is 5. The third-order valence-electron chi connectivity index (χ3n) is 1.91. The number of hydrogen-bond acceptors (Lipinski definition) is 6. The minimum atomic E-state index is -0.614. The summed E-state index contributed by atoms with van der Waals surface area (Å²) in [5.41, 5.74) is -0.271. The molecule has 7 nitrogen and oxygen atoms in total. The number of hydrogen-bond donors (Lipinski definition) is 2. The van der Waals surface area contributed by atoms with Crippen molar-refractivity contribution in [2.24, 2.45) is 0 Å². The number of aliphatic hydroxyl groups is 1. The van der Waals surface area contributed by atoms with Gasteiger partial charge in [-0.2, -0.15) is 4.98 Å². The van der Waals surface area contributed by atoms with Gasteiger partial charge in [-0.05, 0) is 18.0 Å². The molecule has 0 aromatic carbocycles. The van der Waals surface area contributed by atoms with E-state index in [0.29, 0.717) is 6.42 Å². The van der Waals surface area contributed by atoms with Gasteiger partial charge >= 0.3 is 5.69 Å². The predicted octanol–water partition coefficient (Wildman–Crippen LogP) is 1.22. The third kappa shape index (κ3) is 3.28. The highest BCUT2D eigenvalue weighted by Crippen LogP contribution is 2.21. The Hall–Kier alpha value is -1.47. The van der Waals surface area contributed by atoms with Crippen LogP contribution >= 0.6 is 11.6 Å². The number of halogens is 1. The zero-order valence-electron chi connectivity index (χ0n) is 8.55. The van der Waals surface area contributed by atoms with Crippen molar-refractivity contribution in [3.63, 3.8) is 0 Å². The summed E-state index contributed by atoms with van der Waals surface area (Å²) in [4.78, 5) is 17.2. The van der Waals surface area contributed by atoms with Crippen molar-refractivity contribution < 1.29 is 10.0 Å². The van der Waals surface area contributed by atoms with E-state index in [4.69, 9.17) is 11.6 Å². The number of nitrogens with zero attached hydrogens (tertiary/aromatic N) is 3. The minimum absolute atomic E-state index is 0.0116. The summed E-state index contributed by atoms with van der Waals surface area (Å²) in [5, 5.41) is 22.5. The van der Waals surface area contributed by atoms with Crippen molar-refractivity contribution in [2.45, 2.75) is 19.4 Å². The molecule has 0 fully saturated rings. The molecule has 1 unspecified atom stereocenters. The molecule has 1 atom stereocenters. The van der Waals surface area contributed by atoms with Crippen LogP contribution in [-0.2, 0) is 0 Å². The van der Waals surface area contributed by atoms with Crippen LogP contribution in [0, 0.1) is 10.1 Å². The Morgan fingerprint density at radius 1 is 1.75 bits per heavy atom. The first kappa shape index (κ1) is 12.6. The molecule has 0 radical (unpaired) electrons. The van der Waals surface area contributed by atoms with E-state index in [2.05, 4.69) is 15.3 Å². The number of nitrogens with one attached hydrogen (secondary N) is 1. The summed E-state index contributed by atoms with van der Waals surface area (Å²) in [6.45, 7) is 1.97. The zero-order chi connectivity index (χ0) is 12.1. The van der Waals surface area contributed by atoms with Gasteiger partial charge in [-0.25, -0.2) is 4.98 Å². The van der Waals surface area contributed by atoms with Gasteiger partial charge in [0.2, 0.25) is 11.1 Å². The van der Waals surface area contributed by atoms with E-state index in [1.165, 1.54) is 0 Å². The Balaban J connectivity index is 2.84. The van der Waals surface area contributed by atoms with Gasteiger partial charge in [0.15, 0.2) is 0 Å². The number of aliphatic hydroxyl groups excluding tert-OH is 1. The average Bonchev–Trinajstić information content (AvgIpc) is 2.25. The van der Waals surface area contributed by atoms with Gasteiger partial charge in [-0.3, -0.25) is 10.1 Å². The smallest absolute Gasteiger partial charge is 0.329 e. The SMILES string of the molecule is CCC(O)CNc1nc(Cl)ncc1[N+](=O)[O-]. The van der Waals surface area contributed by atoms with E-state index in [1.54, 1.807) is 6.92 Å². The van der Waals surface area contributed by atoms with Crippen LogP contribution in [0.4, 0.5) is 11.5 Å². The van der Waals surface area contributed by atoms with E-state index < -0.39 is 11.0 Å². The van der Waals surface area contributed by atoms with Crippen LogP contribution in [0.25, 0.3) is 0 Å². The van der Waals surface area contributed by atoms with Crippen molar-refractivity contribution in [2.75, 3.05) is 11.9 Å². The fourth-order valence-electron chi connectivity index (χ4n) is 0.976. The minimum Gasteiger partial charge on any atom is -0.391 e. The summed E-state index contributed by atoms with van der Waals surface area (Å²) in [6.07, 6.45) is 0.976. The summed E-state index contributed by atoms with van der Waals surface area (Å²) in [7, 11) is 0. The molecule has 2 N–H and O–H groups in total. The maximum Gasteiger partial charge on any atom is 0.329 e. The van der Waals surface area contributed by atoms with Gasteiger partial charge in [0.25, 0.3) is 0 Å². The van der Waals surface area contributed by atoms with E-state index in [-0.39, 0.29) is 23.3 Å². The highest BCUT2D eigenvalue weighted by molar-refractivity contribution is 6.28. The molecular formula is C8H11ClN4O3. The molecule has 0 aliphatic carbocycles. The molecule has 0 aliphatic rings. The molecule has 1 aromatic rings. The van der Waals surface area contributed by atoms with Crippen molar-refractivity contribution in [1.29, 1.82) is 0 Å². The van der Waals surface area contributed by atoms with Crippen molar-refractivity contribution in [1.82, 2.24) is 9.97 Å². The Labute approximate surface area is 96.6 Å². The van der Waals surface area contributed by atoms with Gasteiger partial charge in [-0.15, -0.1) is 0 Å². The van der Waals surface area contributed by atoms with Crippen molar-refractivity contribution in [3.05, 3.63) is 21.6 Å². The molecule has 0 bridgehead atoms. The summed E-state index contributed by atoms with van der Waals surface area (Å²) >= 11 is 5.52. The van der Waals surface area contributed by atoms with E-state index in [1.807, 2.05) is 0 Å². The first-order valence-corrected chi connectivity index (χ1v) is 5.01. The molecule has 1 aromatic heterocycles. The molecule has 0 saturated carbocycles. The zero-order valence-corrected chi connectivity index (χ0v) is 9.31. The van der Waals surface area contributed by atoms with Gasteiger partial charge < -0.3 is 10.4 Å². The maximum atomic E-state index is 10.6. The molecule has 1 heterocycles. The number of nitro groups is 1. The standard InChI is InChI=1S/C8H11ClN4O3/c1-2-5(14)3-10-7-6(13(15)16)4-11-8(9)12-7/h4-5,14H,2-3H2,1H3,(H,10,11,12). The van der Waals surface area contributed by atoms with E-state index in [9.17, 15) is 15.2 Å². The normalized spacial score (nSPS) is 12.2. The van der Waals surface area contributed by atoms with Gasteiger partial charge in [0.05, 0.1) is 11.0 Å². The fourth-order valence-corrected chi connectivity index (χ4v) is 1.11. The number of aromatic nitrogens is 2. The monoisotopic (exact) mass is 246 g/mol. The van der Waals surface area contributed by atoms with Crippen LogP contribution in [0.2, 0.25) is 5.28 Å². The van der Waals surface area contributed by atoms with Crippen LogP contribution in [0.5, 0.6) is 0 Å². The second-order valence-electron chi connectivity index (χ2n) is 3.07. The van der Waals surface area contributed by atoms with Crippen molar-refractivity contribution in [3.8, 4) is 0 Å². The Morgan fingerprint density at radius 3 is 3.00 bits per heavy atom. The lowest BCUT2D eigenvalue weighted by Gasteiger charge is -2.09. The van der Waals surface area contributed by atoms with Crippen molar-refractivity contribution >= 4 is 23.1 Å². The van der Waals surface area contributed by atoms with E-state index in [0.717, 1.165) is 6.20 Å². The van der Waals surface area contributed by atoms with E-state index >= 15 is 0 Å². The molecule has 0 aliphatic heterocycles. The second kappa shape index (κ2) is 5.57. The topological polar surface area (TPSA) is 101 Å². The van der Waals surface area contributed by atoms with Gasteiger partial charge in [-0.1, -0.05) is 6.92 Å². The second-order valence-corrected chi connectivity index (χ2v) is 3.41. The molecule has 0 saturated heterocycles. The van der Waals surface area contributed by atoms with Gasteiger partial charge in [0.1, 0.15) is 6.20 Å². The summed E-state index contributed by atoms with van der Waals surface area (Å²) in [5.74, 6) is 0.0116. The molecule has 8 heteroatoms. The Morgan fingerprint density at radius 2 is 2.44 bits per heavy atom. The summed E-state index contributed by atoms with van der Waals surface area (Å²) in [6, 6.07) is 0. The lowest BCUT2D eigenvalue weighted by Crippen LogP contribution is -2.19. The highest BCUT2D eigenvalue weighted by atomic mass is 35.5. The molecule has 1 rings (SSSR count). The first-order valence-electron chi connectivity index (χ1n) is 4.63. The van der Waals surface area contributed by atoms with Crippen LogP contribution in [0.1, 0.15) is 13.3 Å². The van der Waals surface area contributed by atoms with Crippen LogP contribution in [-0.4, -0.2) is 32.6 Å². The fraction of sp³-hybridized carbons (Fsp3) is 0.500.